The molecule has 218 valence electrons. The molecule has 2 aliphatic heterocycles. The summed E-state index contributed by atoms with van der Waals surface area (Å²) in [6.45, 7) is 3.87. The van der Waals surface area contributed by atoms with Gasteiger partial charge in [0.1, 0.15) is 35.7 Å². The fourth-order valence-corrected chi connectivity index (χ4v) is 5.61. The molecule has 0 atom stereocenters. The van der Waals surface area contributed by atoms with E-state index in [0.717, 1.165) is 61.6 Å². The topological polar surface area (TPSA) is 98.9 Å². The second-order valence-corrected chi connectivity index (χ2v) is 11.2. The molecule has 2 aromatic carbocycles. The summed E-state index contributed by atoms with van der Waals surface area (Å²) in [5, 5.41) is 10.5. The third-order valence-corrected chi connectivity index (χ3v) is 8.04. The minimum atomic E-state index is -0.953. The van der Waals surface area contributed by atoms with Crippen molar-refractivity contribution in [2.75, 3.05) is 19.7 Å². The van der Waals surface area contributed by atoms with Crippen molar-refractivity contribution in [2.45, 2.75) is 45.1 Å². The minimum absolute atomic E-state index is 0.0424. The highest BCUT2D eigenvalue weighted by Gasteiger charge is 2.24. The predicted octanol–water partition coefficient (Wildman–Crippen LogP) is 6.36. The maximum atomic E-state index is 11.6. The number of rotatable bonds is 10. The Balaban J connectivity index is 1.10. The lowest BCUT2D eigenvalue weighted by Gasteiger charge is -2.32. The maximum absolute atomic E-state index is 11.6. The van der Waals surface area contributed by atoms with Gasteiger partial charge in [0.25, 0.3) is 0 Å². The monoisotopic (exact) mass is 608 g/mol. The molecule has 2 aromatic heterocycles. The van der Waals surface area contributed by atoms with E-state index in [9.17, 15) is 9.90 Å². The number of allylic oxidation sites excluding steroid dienone is 1. The van der Waals surface area contributed by atoms with Gasteiger partial charge in [-0.15, -0.1) is 0 Å². The molecule has 4 aromatic rings. The number of ether oxygens (including phenoxy) is 3. The SMILES string of the molecule is O=C(O)c1ccc2nc(CN3CCC(Oc4cccnc4COc4ccc(Cl)cc4Cl)CC3)n(CC=C3CCO3)c2c1. The molecule has 0 aliphatic carbocycles. The molecule has 2 saturated heterocycles. The normalized spacial score (nSPS) is 16.8. The molecule has 0 radical (unpaired) electrons. The quantitative estimate of drug-likeness (QED) is 0.222. The highest BCUT2D eigenvalue weighted by Crippen LogP contribution is 2.30. The van der Waals surface area contributed by atoms with Crippen LogP contribution in [0.3, 0.4) is 0 Å². The molecule has 2 fully saturated rings. The van der Waals surface area contributed by atoms with Gasteiger partial charge in [-0.25, -0.2) is 9.78 Å². The molecule has 0 saturated carbocycles. The number of carbonyl (C=O) groups is 1. The Hall–Kier alpha value is -3.79. The van der Waals surface area contributed by atoms with Gasteiger partial charge in [0.15, 0.2) is 0 Å². The molecule has 0 bridgehead atoms. The number of likely N-dealkylation sites (tertiary alicyclic amines) is 1. The largest absolute Gasteiger partial charge is 0.498 e. The van der Waals surface area contributed by atoms with Crippen molar-refractivity contribution < 1.29 is 24.1 Å². The lowest BCUT2D eigenvalue weighted by molar-refractivity contribution is 0.0697. The summed E-state index contributed by atoms with van der Waals surface area (Å²) in [5.41, 5.74) is 2.54. The average molecular weight is 610 g/mol. The summed E-state index contributed by atoms with van der Waals surface area (Å²) in [7, 11) is 0. The molecule has 2 aliphatic rings. The van der Waals surface area contributed by atoms with Crippen LogP contribution >= 0.6 is 23.2 Å². The Kier molecular flexibility index (Phi) is 8.51. The van der Waals surface area contributed by atoms with E-state index < -0.39 is 5.97 Å². The van der Waals surface area contributed by atoms with E-state index in [4.69, 9.17) is 42.4 Å². The Bertz CT molecular complexity index is 1630. The Morgan fingerprint density at radius 3 is 2.69 bits per heavy atom. The van der Waals surface area contributed by atoms with Gasteiger partial charge in [-0.2, -0.15) is 0 Å². The molecule has 6 rings (SSSR count). The lowest BCUT2D eigenvalue weighted by atomic mass is 10.1. The second kappa shape index (κ2) is 12.6. The fraction of sp³-hybridized carbons (Fsp3) is 0.323. The average Bonchev–Trinajstić information content (AvgIpc) is 3.29. The molecular weight excluding hydrogens is 579 g/mol. The van der Waals surface area contributed by atoms with E-state index in [2.05, 4.69) is 20.5 Å². The molecule has 0 amide bonds. The number of aromatic nitrogens is 3. The number of benzene rings is 2. The molecule has 0 spiro atoms. The van der Waals surface area contributed by atoms with E-state index in [1.165, 1.54) is 0 Å². The van der Waals surface area contributed by atoms with Crippen LogP contribution in [0.15, 0.2) is 66.6 Å². The molecule has 42 heavy (non-hydrogen) atoms. The second-order valence-electron chi connectivity index (χ2n) is 10.3. The number of aromatic carboxylic acids is 1. The number of imidazole rings is 1. The number of carboxylic acids is 1. The number of carboxylic acid groups (broad SMARTS) is 1. The van der Waals surface area contributed by atoms with Crippen molar-refractivity contribution in [1.82, 2.24) is 19.4 Å². The van der Waals surface area contributed by atoms with Crippen molar-refractivity contribution in [3.63, 3.8) is 0 Å². The minimum Gasteiger partial charge on any atom is -0.498 e. The van der Waals surface area contributed by atoms with Crippen molar-refractivity contribution in [3.8, 4) is 11.5 Å². The van der Waals surface area contributed by atoms with Crippen LogP contribution in [0.4, 0.5) is 0 Å². The fourth-order valence-electron chi connectivity index (χ4n) is 5.15. The summed E-state index contributed by atoms with van der Waals surface area (Å²) >= 11 is 12.2. The van der Waals surface area contributed by atoms with Crippen molar-refractivity contribution in [3.05, 3.63) is 93.7 Å². The van der Waals surface area contributed by atoms with Crippen LogP contribution in [0.5, 0.6) is 11.5 Å². The Morgan fingerprint density at radius 1 is 1.12 bits per heavy atom. The van der Waals surface area contributed by atoms with Gasteiger partial charge in [0.05, 0.1) is 40.5 Å². The molecule has 9 nitrogen and oxygen atoms in total. The van der Waals surface area contributed by atoms with Gasteiger partial charge >= 0.3 is 5.97 Å². The number of piperidine rings is 1. The summed E-state index contributed by atoms with van der Waals surface area (Å²) < 4.78 is 19.9. The number of pyridine rings is 1. The van der Waals surface area contributed by atoms with Gasteiger partial charge in [-0.1, -0.05) is 23.2 Å². The van der Waals surface area contributed by atoms with Gasteiger partial charge in [-0.3, -0.25) is 9.88 Å². The highest BCUT2D eigenvalue weighted by atomic mass is 35.5. The van der Waals surface area contributed by atoms with Crippen molar-refractivity contribution >= 4 is 40.2 Å². The molecule has 11 heteroatoms. The first kappa shape index (κ1) is 28.3. The van der Waals surface area contributed by atoms with E-state index in [0.29, 0.717) is 40.3 Å². The molecule has 1 N–H and O–H groups in total. The van der Waals surface area contributed by atoms with Crippen LogP contribution in [0, 0.1) is 0 Å². The van der Waals surface area contributed by atoms with Gasteiger partial charge in [-0.05, 0) is 67.4 Å². The van der Waals surface area contributed by atoms with E-state index in [1.54, 1.807) is 42.6 Å². The van der Waals surface area contributed by atoms with E-state index >= 15 is 0 Å². The lowest BCUT2D eigenvalue weighted by Crippen LogP contribution is -2.38. The standard InChI is InChI=1S/C31H30Cl2N4O5/c32-21-4-6-28(24(33)17-21)41-19-26-29(2-1-11-34-26)42-23-7-12-36(13-8-23)18-30-35-25-5-3-20(31(38)39)16-27(25)37(30)14-9-22-10-15-40-22/h1-6,9,11,16-17,23H,7-8,10,12-15,18-19H2,(H,38,39). The van der Waals surface area contributed by atoms with Crippen molar-refractivity contribution in [2.24, 2.45) is 0 Å². The zero-order valence-corrected chi connectivity index (χ0v) is 24.4. The number of halogens is 2. The summed E-state index contributed by atoms with van der Waals surface area (Å²) in [5.74, 6) is 2.14. The van der Waals surface area contributed by atoms with Crippen LogP contribution in [0.25, 0.3) is 11.0 Å². The summed E-state index contributed by atoms with van der Waals surface area (Å²) in [6.07, 6.45) is 6.43. The smallest absolute Gasteiger partial charge is 0.335 e. The number of hydrogen-bond donors (Lipinski definition) is 1. The third kappa shape index (κ3) is 6.48. The highest BCUT2D eigenvalue weighted by molar-refractivity contribution is 6.35. The van der Waals surface area contributed by atoms with Crippen LogP contribution in [0.2, 0.25) is 10.0 Å². The number of nitrogens with zero attached hydrogens (tertiary/aromatic N) is 4. The number of fused-ring (bicyclic) bond motifs is 1. The van der Waals surface area contributed by atoms with Gasteiger partial charge in [0.2, 0.25) is 0 Å². The predicted molar refractivity (Wildman–Crippen MR) is 159 cm³/mol. The first-order chi connectivity index (χ1) is 20.4. The van der Waals surface area contributed by atoms with Crippen molar-refractivity contribution in [1.29, 1.82) is 0 Å². The first-order valence-corrected chi connectivity index (χ1v) is 14.6. The number of hydrogen-bond acceptors (Lipinski definition) is 7. The summed E-state index contributed by atoms with van der Waals surface area (Å²) in [4.78, 5) is 23.3. The zero-order valence-electron chi connectivity index (χ0n) is 22.8. The van der Waals surface area contributed by atoms with E-state index in [-0.39, 0.29) is 18.3 Å². The Labute approximate surface area is 253 Å². The Morgan fingerprint density at radius 2 is 1.95 bits per heavy atom. The zero-order chi connectivity index (χ0) is 29.1. The third-order valence-electron chi connectivity index (χ3n) is 7.51. The molecule has 0 unspecified atom stereocenters. The van der Waals surface area contributed by atoms with Gasteiger partial charge < -0.3 is 23.9 Å². The van der Waals surface area contributed by atoms with E-state index in [1.807, 2.05) is 12.1 Å². The summed E-state index contributed by atoms with van der Waals surface area (Å²) in [6, 6.07) is 14.0. The molecule has 4 heterocycles. The van der Waals surface area contributed by atoms with Gasteiger partial charge in [0, 0.05) is 37.3 Å². The van der Waals surface area contributed by atoms with Crippen LogP contribution in [0.1, 0.15) is 41.1 Å². The molecular formula is C31H30Cl2N4O5. The van der Waals surface area contributed by atoms with Crippen LogP contribution in [-0.4, -0.2) is 56.3 Å². The first-order valence-electron chi connectivity index (χ1n) is 13.9. The maximum Gasteiger partial charge on any atom is 0.335 e. The van der Waals surface area contributed by atoms with Crippen LogP contribution in [-0.2, 0) is 24.4 Å². The van der Waals surface area contributed by atoms with Crippen LogP contribution < -0.4 is 9.47 Å².